The van der Waals surface area contributed by atoms with Crippen LogP contribution in [0.15, 0.2) is 96.2 Å². The number of anilines is 1. The molecule has 7 nitrogen and oxygen atoms in total. The van der Waals surface area contributed by atoms with E-state index in [-0.39, 0.29) is 24.0 Å². The Bertz CT molecular complexity index is 1430. The van der Waals surface area contributed by atoms with Crippen LogP contribution < -0.4 is 15.5 Å². The van der Waals surface area contributed by atoms with Crippen molar-refractivity contribution < 1.29 is 4.79 Å². The maximum atomic E-state index is 13.7. The molecule has 2 atom stereocenters. The number of benzene rings is 3. The van der Waals surface area contributed by atoms with E-state index in [0.717, 1.165) is 55.1 Å². The van der Waals surface area contributed by atoms with E-state index in [4.69, 9.17) is 5.10 Å². The number of nitrogens with zero attached hydrogens (tertiary/aromatic N) is 3. The van der Waals surface area contributed by atoms with E-state index >= 15 is 0 Å². The molecule has 4 aromatic rings. The Hall–Kier alpha value is -4.10. The van der Waals surface area contributed by atoms with Gasteiger partial charge in [-0.3, -0.25) is 9.80 Å². The molecule has 7 heteroatoms. The summed E-state index contributed by atoms with van der Waals surface area (Å²) in [4.78, 5) is 19.4. The monoisotopic (exact) mass is 520 g/mol. The molecular formula is C32H36N6O. The molecule has 6 rings (SSSR count). The number of hydrazone groups is 1. The van der Waals surface area contributed by atoms with Crippen LogP contribution in [0.5, 0.6) is 0 Å². The first-order chi connectivity index (χ1) is 19.2. The third-order valence-corrected chi connectivity index (χ3v) is 7.90. The van der Waals surface area contributed by atoms with Gasteiger partial charge in [-0.2, -0.15) is 5.10 Å². The number of amides is 1. The topological polar surface area (TPSA) is 75.8 Å². The first-order valence-corrected chi connectivity index (χ1v) is 14.0. The minimum Gasteiger partial charge on any atom is -0.361 e. The lowest BCUT2D eigenvalue weighted by atomic mass is 9.95. The molecule has 39 heavy (non-hydrogen) atoms. The van der Waals surface area contributed by atoms with E-state index in [0.29, 0.717) is 6.42 Å². The summed E-state index contributed by atoms with van der Waals surface area (Å²) >= 11 is 0. The van der Waals surface area contributed by atoms with Gasteiger partial charge in [-0.15, -0.1) is 0 Å². The summed E-state index contributed by atoms with van der Waals surface area (Å²) in [6, 6.07) is 29.0. The molecule has 0 saturated carbocycles. The number of para-hydroxylation sites is 2. The van der Waals surface area contributed by atoms with Crippen LogP contribution in [0.25, 0.3) is 10.9 Å². The molecule has 3 aromatic carbocycles. The number of aromatic amines is 1. The molecule has 3 heterocycles. The van der Waals surface area contributed by atoms with Crippen molar-refractivity contribution >= 4 is 28.3 Å². The normalized spacial score (nSPS) is 18.8. The fourth-order valence-corrected chi connectivity index (χ4v) is 5.88. The van der Waals surface area contributed by atoms with Crippen LogP contribution in [-0.4, -0.2) is 47.4 Å². The number of carbonyl (C=O) groups is 1. The molecule has 0 spiro atoms. The zero-order valence-electron chi connectivity index (χ0n) is 22.4. The average molecular weight is 521 g/mol. The van der Waals surface area contributed by atoms with Gasteiger partial charge in [-0.1, -0.05) is 66.7 Å². The highest BCUT2D eigenvalue weighted by Crippen LogP contribution is 2.37. The quantitative estimate of drug-likeness (QED) is 0.304. The Kier molecular flexibility index (Phi) is 7.32. The third-order valence-electron chi connectivity index (χ3n) is 7.90. The summed E-state index contributed by atoms with van der Waals surface area (Å²) in [5.41, 5.74) is 4.49. The first-order valence-electron chi connectivity index (χ1n) is 14.0. The molecular weight excluding hydrogens is 484 g/mol. The molecule has 1 unspecified atom stereocenters. The second kappa shape index (κ2) is 11.3. The number of H-pyrrole nitrogens is 1. The van der Waals surface area contributed by atoms with E-state index in [9.17, 15) is 4.79 Å². The van der Waals surface area contributed by atoms with Crippen molar-refractivity contribution in [2.24, 2.45) is 11.0 Å². The Morgan fingerprint density at radius 2 is 1.67 bits per heavy atom. The van der Waals surface area contributed by atoms with E-state index in [1.807, 2.05) is 18.2 Å². The number of hydrogen-bond acceptors (Lipinski definition) is 5. The molecule has 1 aromatic heterocycles. The standard InChI is InChI=1S/C32H36N6O/c1-2-37-32(24-11-5-3-6-12-24)38(26-13-7-4-8-14-26)30(36-37)29(35-31(39)23-17-19-33-20-18-23)21-25-22-34-28-16-10-9-15-27(25)28/h3-16,22-23,29,32-34H,2,17-21H2,1H3,(H,35,39)/t29-,32?/m1/s1. The smallest absolute Gasteiger partial charge is 0.223 e. The molecule has 0 bridgehead atoms. The van der Waals surface area contributed by atoms with Gasteiger partial charge in [0.15, 0.2) is 5.84 Å². The molecule has 1 fully saturated rings. The van der Waals surface area contributed by atoms with E-state index < -0.39 is 0 Å². The molecule has 1 amide bonds. The molecule has 2 aliphatic heterocycles. The summed E-state index contributed by atoms with van der Waals surface area (Å²) in [7, 11) is 0. The van der Waals surface area contributed by atoms with Gasteiger partial charge < -0.3 is 20.5 Å². The van der Waals surface area contributed by atoms with Crippen LogP contribution in [0.3, 0.4) is 0 Å². The molecule has 3 N–H and O–H groups in total. The lowest BCUT2D eigenvalue weighted by Crippen LogP contribution is -2.51. The van der Waals surface area contributed by atoms with E-state index in [1.165, 1.54) is 10.9 Å². The fourth-order valence-electron chi connectivity index (χ4n) is 5.88. The van der Waals surface area contributed by atoms with Gasteiger partial charge in [-0.25, -0.2) is 0 Å². The summed E-state index contributed by atoms with van der Waals surface area (Å²) in [6.45, 7) is 4.63. The first kappa shape index (κ1) is 25.2. The van der Waals surface area contributed by atoms with Gasteiger partial charge >= 0.3 is 0 Å². The van der Waals surface area contributed by atoms with Gasteiger partial charge in [0.25, 0.3) is 0 Å². The second-order valence-electron chi connectivity index (χ2n) is 10.4. The van der Waals surface area contributed by atoms with Crippen LogP contribution in [0, 0.1) is 5.92 Å². The minimum atomic E-state index is -0.297. The van der Waals surface area contributed by atoms with Gasteiger partial charge in [0.2, 0.25) is 5.91 Å². The number of hydrogen-bond donors (Lipinski definition) is 3. The summed E-state index contributed by atoms with van der Waals surface area (Å²) in [5.74, 6) is 0.990. The van der Waals surface area contributed by atoms with Crippen LogP contribution in [0.4, 0.5) is 5.69 Å². The Labute approximate surface area is 229 Å². The van der Waals surface area contributed by atoms with Crippen LogP contribution in [0.2, 0.25) is 0 Å². The molecule has 1 saturated heterocycles. The number of nitrogens with one attached hydrogen (secondary N) is 3. The number of carbonyl (C=O) groups excluding carboxylic acids is 1. The van der Waals surface area contributed by atoms with Crippen molar-refractivity contribution in [2.45, 2.75) is 38.4 Å². The largest absolute Gasteiger partial charge is 0.361 e. The Morgan fingerprint density at radius 3 is 2.41 bits per heavy atom. The van der Waals surface area contributed by atoms with E-state index in [2.05, 4.69) is 105 Å². The van der Waals surface area contributed by atoms with Crippen LogP contribution in [0.1, 0.15) is 37.1 Å². The Balaban J connectivity index is 1.42. The predicted molar refractivity (Wildman–Crippen MR) is 157 cm³/mol. The highest BCUT2D eigenvalue weighted by atomic mass is 16.2. The molecule has 200 valence electrons. The third kappa shape index (κ3) is 5.14. The van der Waals surface area contributed by atoms with Crippen molar-refractivity contribution in [2.75, 3.05) is 24.5 Å². The summed E-state index contributed by atoms with van der Waals surface area (Å²) < 4.78 is 0. The average Bonchev–Trinajstić information content (AvgIpc) is 3.60. The van der Waals surface area contributed by atoms with Crippen molar-refractivity contribution in [3.63, 3.8) is 0 Å². The zero-order valence-corrected chi connectivity index (χ0v) is 22.4. The van der Waals surface area contributed by atoms with Crippen molar-refractivity contribution in [3.8, 4) is 0 Å². The SMILES string of the molecule is CCN1N=C([C@@H](Cc2c[nH]c3ccccc23)NC(=O)C2CCNCC2)N(c2ccccc2)C1c1ccccc1. The lowest BCUT2D eigenvalue weighted by molar-refractivity contribution is -0.126. The number of amidine groups is 1. The second-order valence-corrected chi connectivity index (χ2v) is 10.4. The highest BCUT2D eigenvalue weighted by molar-refractivity contribution is 6.05. The number of piperidine rings is 1. The Morgan fingerprint density at radius 1 is 0.974 bits per heavy atom. The predicted octanol–water partition coefficient (Wildman–Crippen LogP) is 5.05. The van der Waals surface area contributed by atoms with Gasteiger partial charge in [0.05, 0.1) is 6.04 Å². The van der Waals surface area contributed by atoms with Crippen LogP contribution in [-0.2, 0) is 11.2 Å². The molecule has 0 aliphatic carbocycles. The maximum absolute atomic E-state index is 13.7. The number of aromatic nitrogens is 1. The van der Waals surface area contributed by atoms with Crippen LogP contribution >= 0.6 is 0 Å². The molecule has 0 radical (unpaired) electrons. The number of fused-ring (bicyclic) bond motifs is 1. The van der Waals surface area contributed by atoms with Crippen molar-refractivity contribution in [1.29, 1.82) is 0 Å². The maximum Gasteiger partial charge on any atom is 0.223 e. The minimum absolute atomic E-state index is 0.0103. The summed E-state index contributed by atoms with van der Waals surface area (Å²) in [5, 5.41) is 15.4. The number of rotatable bonds is 8. The van der Waals surface area contributed by atoms with Gasteiger partial charge in [-0.05, 0) is 62.2 Å². The van der Waals surface area contributed by atoms with Crippen molar-refractivity contribution in [1.82, 2.24) is 20.6 Å². The fraction of sp³-hybridized carbons (Fsp3) is 0.312. The molecule has 2 aliphatic rings. The zero-order chi connectivity index (χ0) is 26.6. The van der Waals surface area contributed by atoms with Crippen molar-refractivity contribution in [3.05, 3.63) is 102 Å². The highest BCUT2D eigenvalue weighted by Gasteiger charge is 2.40. The van der Waals surface area contributed by atoms with Gasteiger partial charge in [0, 0.05) is 41.7 Å². The van der Waals surface area contributed by atoms with E-state index in [1.54, 1.807) is 0 Å². The van der Waals surface area contributed by atoms with Gasteiger partial charge in [0.1, 0.15) is 6.17 Å². The summed E-state index contributed by atoms with van der Waals surface area (Å²) in [6.07, 6.45) is 4.32. The lowest BCUT2D eigenvalue weighted by Gasteiger charge is -2.34.